The van der Waals surface area contributed by atoms with Gasteiger partial charge < -0.3 is 0 Å². The molecule has 88 valence electrons. The second-order valence-electron chi connectivity index (χ2n) is 3.26. The first-order chi connectivity index (χ1) is 7.51. The summed E-state index contributed by atoms with van der Waals surface area (Å²) < 4.78 is 35.5. The predicted molar refractivity (Wildman–Crippen MR) is 57.8 cm³/mol. The number of aldehydes is 1. The van der Waals surface area contributed by atoms with Crippen molar-refractivity contribution in [3.8, 4) is 0 Å². The summed E-state index contributed by atoms with van der Waals surface area (Å²) in [6, 6.07) is 6.83. The lowest BCUT2D eigenvalue weighted by molar-refractivity contribution is -0.134. The van der Waals surface area contributed by atoms with Crippen LogP contribution in [-0.2, 0) is 0 Å². The predicted octanol–water partition coefficient (Wildman–Crippen LogP) is 3.93. The van der Waals surface area contributed by atoms with E-state index in [0.717, 1.165) is 11.2 Å². The van der Waals surface area contributed by atoms with Crippen LogP contribution in [0.25, 0.3) is 0 Å². The van der Waals surface area contributed by atoms with Crippen LogP contribution in [0.3, 0.4) is 0 Å². The zero-order chi connectivity index (χ0) is 12.0. The van der Waals surface area contributed by atoms with Crippen LogP contribution >= 0.6 is 11.8 Å². The van der Waals surface area contributed by atoms with Gasteiger partial charge in [-0.2, -0.15) is 13.2 Å². The van der Waals surface area contributed by atoms with E-state index < -0.39 is 12.6 Å². The van der Waals surface area contributed by atoms with Gasteiger partial charge in [0.2, 0.25) is 0 Å². The van der Waals surface area contributed by atoms with E-state index in [1.54, 1.807) is 24.3 Å². The minimum Gasteiger partial charge on any atom is -0.298 e. The topological polar surface area (TPSA) is 17.1 Å². The summed E-state index contributed by atoms with van der Waals surface area (Å²) in [5.74, 6) is 0.405. The summed E-state index contributed by atoms with van der Waals surface area (Å²) in [5.41, 5.74) is 0.542. The Labute approximate surface area is 96.0 Å². The summed E-state index contributed by atoms with van der Waals surface area (Å²) in [4.78, 5) is 11.3. The number of rotatable bonds is 5. The van der Waals surface area contributed by atoms with Gasteiger partial charge in [0.25, 0.3) is 0 Å². The summed E-state index contributed by atoms with van der Waals surface area (Å²) in [5, 5.41) is 0. The van der Waals surface area contributed by atoms with Gasteiger partial charge in [-0.05, 0) is 24.3 Å². The molecule has 0 aliphatic rings. The molecule has 0 unspecified atom stereocenters. The number of carbonyl (C=O) groups excluding carboxylic acids is 1. The summed E-state index contributed by atoms with van der Waals surface area (Å²) >= 11 is 1.33. The second-order valence-corrected chi connectivity index (χ2v) is 4.43. The molecule has 0 saturated carbocycles. The lowest BCUT2D eigenvalue weighted by Gasteiger charge is -2.05. The molecule has 0 bridgehead atoms. The zero-order valence-electron chi connectivity index (χ0n) is 8.46. The third kappa shape index (κ3) is 5.21. The minimum absolute atomic E-state index is 0.0967. The average molecular weight is 248 g/mol. The molecule has 0 heterocycles. The molecule has 0 radical (unpaired) electrons. The second kappa shape index (κ2) is 5.94. The Kier molecular flexibility index (Phi) is 4.86. The Bertz CT molecular complexity index is 349. The van der Waals surface area contributed by atoms with Crippen molar-refractivity contribution in [2.45, 2.75) is 23.9 Å². The molecule has 16 heavy (non-hydrogen) atoms. The van der Waals surface area contributed by atoms with Gasteiger partial charge in [-0.15, -0.1) is 11.8 Å². The Morgan fingerprint density at radius 3 is 2.69 bits per heavy atom. The molecule has 0 saturated heterocycles. The number of hydrogen-bond acceptors (Lipinski definition) is 2. The molecule has 1 aromatic carbocycles. The summed E-state index contributed by atoms with van der Waals surface area (Å²) in [6.07, 6.45) is -4.02. The van der Waals surface area contributed by atoms with Crippen LogP contribution in [0.4, 0.5) is 13.2 Å². The maximum atomic E-state index is 11.8. The molecule has 5 heteroatoms. The van der Waals surface area contributed by atoms with E-state index in [1.165, 1.54) is 11.8 Å². The molecule has 1 aromatic rings. The molecule has 0 aliphatic carbocycles. The summed E-state index contributed by atoms with van der Waals surface area (Å²) in [7, 11) is 0. The highest BCUT2D eigenvalue weighted by atomic mass is 32.2. The molecule has 0 fully saturated rings. The monoisotopic (exact) mass is 248 g/mol. The highest BCUT2D eigenvalue weighted by Crippen LogP contribution is 2.25. The van der Waals surface area contributed by atoms with Gasteiger partial charge in [-0.3, -0.25) is 4.79 Å². The van der Waals surface area contributed by atoms with Crippen molar-refractivity contribution >= 4 is 18.0 Å². The molecule has 0 atom stereocenters. The molecule has 1 rings (SSSR count). The van der Waals surface area contributed by atoms with Crippen LogP contribution in [0.15, 0.2) is 29.2 Å². The van der Waals surface area contributed by atoms with E-state index in [0.29, 0.717) is 11.3 Å². The lowest BCUT2D eigenvalue weighted by atomic mass is 10.2. The molecule has 0 N–H and O–H groups in total. The van der Waals surface area contributed by atoms with Crippen molar-refractivity contribution in [2.24, 2.45) is 0 Å². The van der Waals surface area contributed by atoms with Gasteiger partial charge >= 0.3 is 6.18 Å². The van der Waals surface area contributed by atoms with E-state index in [2.05, 4.69) is 0 Å². The van der Waals surface area contributed by atoms with E-state index in [4.69, 9.17) is 0 Å². The number of carbonyl (C=O) groups is 1. The van der Waals surface area contributed by atoms with Crippen molar-refractivity contribution < 1.29 is 18.0 Å². The van der Waals surface area contributed by atoms with Gasteiger partial charge in [0.15, 0.2) is 0 Å². The number of benzene rings is 1. The van der Waals surface area contributed by atoms with Crippen molar-refractivity contribution in [3.63, 3.8) is 0 Å². The largest absolute Gasteiger partial charge is 0.389 e. The molecular formula is C11H11F3OS. The molecule has 0 aliphatic heterocycles. The number of alkyl halides is 3. The van der Waals surface area contributed by atoms with Gasteiger partial charge in [0, 0.05) is 16.9 Å². The standard InChI is InChI=1S/C11H11F3OS/c12-11(13,14)5-2-6-16-10-4-1-3-9(7-10)8-15/h1,3-4,7-8H,2,5-6H2. The van der Waals surface area contributed by atoms with Crippen molar-refractivity contribution in [1.29, 1.82) is 0 Å². The van der Waals surface area contributed by atoms with Gasteiger partial charge in [-0.1, -0.05) is 12.1 Å². The molecule has 1 nitrogen and oxygen atoms in total. The zero-order valence-corrected chi connectivity index (χ0v) is 9.27. The van der Waals surface area contributed by atoms with Crippen molar-refractivity contribution in [2.75, 3.05) is 5.75 Å². The van der Waals surface area contributed by atoms with Gasteiger partial charge in [0.1, 0.15) is 6.29 Å². The van der Waals surface area contributed by atoms with E-state index in [1.807, 2.05) is 0 Å². The van der Waals surface area contributed by atoms with E-state index >= 15 is 0 Å². The van der Waals surface area contributed by atoms with Crippen molar-refractivity contribution in [1.82, 2.24) is 0 Å². The van der Waals surface area contributed by atoms with Crippen LogP contribution in [0.2, 0.25) is 0 Å². The third-order valence-electron chi connectivity index (χ3n) is 1.87. The fourth-order valence-electron chi connectivity index (χ4n) is 1.14. The van der Waals surface area contributed by atoms with Crippen molar-refractivity contribution in [3.05, 3.63) is 29.8 Å². The minimum atomic E-state index is -4.08. The molecule has 0 aromatic heterocycles. The van der Waals surface area contributed by atoms with E-state index in [9.17, 15) is 18.0 Å². The first-order valence-electron chi connectivity index (χ1n) is 4.76. The molecular weight excluding hydrogens is 237 g/mol. The van der Waals surface area contributed by atoms with Crippen LogP contribution in [0.1, 0.15) is 23.2 Å². The quantitative estimate of drug-likeness (QED) is 0.446. The maximum absolute atomic E-state index is 11.8. The Balaban J connectivity index is 2.34. The lowest BCUT2D eigenvalue weighted by Crippen LogP contribution is -2.06. The normalized spacial score (nSPS) is 11.4. The van der Waals surface area contributed by atoms with Gasteiger partial charge in [0.05, 0.1) is 0 Å². The summed E-state index contributed by atoms with van der Waals surface area (Å²) in [6.45, 7) is 0. The third-order valence-corrected chi connectivity index (χ3v) is 2.95. The van der Waals surface area contributed by atoms with Crippen LogP contribution in [0.5, 0.6) is 0 Å². The fourth-order valence-corrected chi connectivity index (χ4v) is 2.06. The first-order valence-corrected chi connectivity index (χ1v) is 5.74. The smallest absolute Gasteiger partial charge is 0.298 e. The maximum Gasteiger partial charge on any atom is 0.389 e. The number of hydrogen-bond donors (Lipinski definition) is 0. The SMILES string of the molecule is O=Cc1cccc(SCCCC(F)(F)F)c1. The fraction of sp³-hybridized carbons (Fsp3) is 0.364. The van der Waals surface area contributed by atoms with Crippen LogP contribution in [0, 0.1) is 0 Å². The Morgan fingerprint density at radius 1 is 1.31 bits per heavy atom. The molecule has 0 spiro atoms. The van der Waals surface area contributed by atoms with E-state index in [-0.39, 0.29) is 6.42 Å². The molecule has 0 amide bonds. The number of halogens is 3. The first kappa shape index (κ1) is 13.1. The van der Waals surface area contributed by atoms with Crippen LogP contribution in [-0.4, -0.2) is 18.2 Å². The van der Waals surface area contributed by atoms with Crippen LogP contribution < -0.4 is 0 Å². The highest BCUT2D eigenvalue weighted by molar-refractivity contribution is 7.99. The highest BCUT2D eigenvalue weighted by Gasteiger charge is 2.25. The van der Waals surface area contributed by atoms with Gasteiger partial charge in [-0.25, -0.2) is 0 Å². The average Bonchev–Trinajstić information content (AvgIpc) is 2.23. The Hall–Kier alpha value is -0.970. The number of thioether (sulfide) groups is 1. The Morgan fingerprint density at radius 2 is 2.06 bits per heavy atom.